The summed E-state index contributed by atoms with van der Waals surface area (Å²) in [4.78, 5) is 38.2. The molecule has 2 rings (SSSR count). The van der Waals surface area contributed by atoms with Crippen molar-refractivity contribution in [1.82, 2.24) is 20.9 Å². The summed E-state index contributed by atoms with van der Waals surface area (Å²) >= 11 is 0. The summed E-state index contributed by atoms with van der Waals surface area (Å²) in [5, 5.41) is 7.32. The molecule has 1 aromatic heterocycles. The molecule has 3 N–H and O–H groups in total. The van der Waals surface area contributed by atoms with Gasteiger partial charge in [0.15, 0.2) is 0 Å². The van der Waals surface area contributed by atoms with Crippen LogP contribution in [0.15, 0.2) is 18.3 Å². The van der Waals surface area contributed by atoms with E-state index in [0.717, 1.165) is 5.56 Å². The van der Waals surface area contributed by atoms with Crippen molar-refractivity contribution in [2.75, 3.05) is 6.61 Å². The van der Waals surface area contributed by atoms with Gasteiger partial charge in [0.05, 0.1) is 6.61 Å². The average Bonchev–Trinajstić information content (AvgIpc) is 2.82. The molecule has 8 heteroatoms. The van der Waals surface area contributed by atoms with Crippen LogP contribution in [0.25, 0.3) is 0 Å². The summed E-state index contributed by atoms with van der Waals surface area (Å²) < 4.78 is 5.37. The Balaban J connectivity index is 1.78. The first-order valence-corrected chi connectivity index (χ1v) is 7.05. The van der Waals surface area contributed by atoms with Gasteiger partial charge in [-0.25, -0.2) is 9.78 Å². The fourth-order valence-corrected chi connectivity index (χ4v) is 2.05. The molecule has 0 bridgehead atoms. The van der Waals surface area contributed by atoms with E-state index >= 15 is 0 Å². The SMILES string of the molecule is CCOc1ncccc1CNC(=O)CCC1NC(=O)NC1=O. The number of rotatable bonds is 7. The summed E-state index contributed by atoms with van der Waals surface area (Å²) in [6.07, 6.45) is 2.02. The number of ether oxygens (including phenoxy) is 1. The van der Waals surface area contributed by atoms with E-state index < -0.39 is 18.0 Å². The highest BCUT2D eigenvalue weighted by Crippen LogP contribution is 2.13. The quantitative estimate of drug-likeness (QED) is 0.618. The minimum atomic E-state index is -0.643. The molecule has 22 heavy (non-hydrogen) atoms. The molecule has 1 unspecified atom stereocenters. The van der Waals surface area contributed by atoms with Gasteiger partial charge in [-0.15, -0.1) is 0 Å². The first-order valence-electron chi connectivity index (χ1n) is 7.05. The van der Waals surface area contributed by atoms with Crippen molar-refractivity contribution >= 4 is 17.8 Å². The van der Waals surface area contributed by atoms with Gasteiger partial charge in [0.1, 0.15) is 6.04 Å². The van der Waals surface area contributed by atoms with Crippen molar-refractivity contribution in [3.8, 4) is 5.88 Å². The first-order chi connectivity index (χ1) is 10.6. The van der Waals surface area contributed by atoms with Gasteiger partial charge in [-0.3, -0.25) is 14.9 Å². The lowest BCUT2D eigenvalue weighted by Crippen LogP contribution is -2.31. The van der Waals surface area contributed by atoms with E-state index in [9.17, 15) is 14.4 Å². The van der Waals surface area contributed by atoms with Crippen LogP contribution < -0.4 is 20.7 Å². The number of aromatic nitrogens is 1. The Hall–Kier alpha value is -2.64. The fourth-order valence-electron chi connectivity index (χ4n) is 2.05. The van der Waals surface area contributed by atoms with Crippen LogP contribution in [0, 0.1) is 0 Å². The highest BCUT2D eigenvalue weighted by molar-refractivity contribution is 6.04. The van der Waals surface area contributed by atoms with Gasteiger partial charge in [-0.2, -0.15) is 0 Å². The van der Waals surface area contributed by atoms with E-state index in [0.29, 0.717) is 19.0 Å². The van der Waals surface area contributed by atoms with Crippen LogP contribution in [0.3, 0.4) is 0 Å². The molecule has 8 nitrogen and oxygen atoms in total. The summed E-state index contributed by atoms with van der Waals surface area (Å²) in [6.45, 7) is 2.65. The Kier molecular flexibility index (Phi) is 5.29. The zero-order valence-corrected chi connectivity index (χ0v) is 12.2. The van der Waals surface area contributed by atoms with E-state index in [4.69, 9.17) is 4.74 Å². The van der Waals surface area contributed by atoms with Gasteiger partial charge in [0.2, 0.25) is 11.8 Å². The van der Waals surface area contributed by atoms with Crippen molar-refractivity contribution in [1.29, 1.82) is 0 Å². The maximum absolute atomic E-state index is 11.8. The van der Waals surface area contributed by atoms with Gasteiger partial charge in [0, 0.05) is 24.7 Å². The third-order valence-electron chi connectivity index (χ3n) is 3.13. The van der Waals surface area contributed by atoms with E-state index in [1.807, 2.05) is 13.0 Å². The molecule has 2 heterocycles. The van der Waals surface area contributed by atoms with E-state index in [1.165, 1.54) is 0 Å². The molecule has 0 aromatic carbocycles. The van der Waals surface area contributed by atoms with Crippen LogP contribution >= 0.6 is 0 Å². The molecule has 1 saturated heterocycles. The van der Waals surface area contributed by atoms with Crippen LogP contribution in [0.4, 0.5) is 4.79 Å². The molecule has 1 atom stereocenters. The number of imide groups is 1. The average molecular weight is 306 g/mol. The monoisotopic (exact) mass is 306 g/mol. The lowest BCUT2D eigenvalue weighted by Gasteiger charge is -2.10. The van der Waals surface area contributed by atoms with E-state index in [-0.39, 0.29) is 18.7 Å². The van der Waals surface area contributed by atoms with Crippen molar-refractivity contribution in [3.05, 3.63) is 23.9 Å². The molecule has 1 aromatic rings. The third kappa shape index (κ3) is 4.18. The van der Waals surface area contributed by atoms with Crippen molar-refractivity contribution in [3.63, 3.8) is 0 Å². The second kappa shape index (κ2) is 7.39. The third-order valence-corrected chi connectivity index (χ3v) is 3.13. The molecule has 4 amide bonds. The zero-order valence-electron chi connectivity index (χ0n) is 12.2. The van der Waals surface area contributed by atoms with E-state index in [2.05, 4.69) is 20.9 Å². The molecular weight excluding hydrogens is 288 g/mol. The number of nitrogens with one attached hydrogen (secondary N) is 3. The normalized spacial score (nSPS) is 16.9. The second-order valence-corrected chi connectivity index (χ2v) is 4.73. The molecular formula is C14H18N4O4. The van der Waals surface area contributed by atoms with Gasteiger partial charge in [-0.05, 0) is 19.4 Å². The number of nitrogens with zero attached hydrogens (tertiary/aromatic N) is 1. The Bertz CT molecular complexity index is 576. The first kappa shape index (κ1) is 15.7. The Labute approximate surface area is 127 Å². The largest absolute Gasteiger partial charge is 0.478 e. The highest BCUT2D eigenvalue weighted by atomic mass is 16.5. The molecule has 0 spiro atoms. The van der Waals surface area contributed by atoms with Crippen LogP contribution in [0.5, 0.6) is 5.88 Å². The van der Waals surface area contributed by atoms with Crippen LogP contribution in [0.1, 0.15) is 25.3 Å². The standard InChI is InChI=1S/C14H18N4O4/c1-2-22-13-9(4-3-7-15-13)8-16-11(19)6-5-10-12(20)18-14(21)17-10/h3-4,7,10H,2,5-6,8H2,1H3,(H,16,19)(H2,17,18,20,21). The maximum Gasteiger partial charge on any atom is 0.322 e. The summed E-state index contributed by atoms with van der Waals surface area (Å²) in [5.41, 5.74) is 0.782. The van der Waals surface area contributed by atoms with Gasteiger partial charge >= 0.3 is 6.03 Å². The van der Waals surface area contributed by atoms with Crippen molar-refractivity contribution < 1.29 is 19.1 Å². The Morgan fingerprint density at radius 1 is 1.45 bits per heavy atom. The molecule has 118 valence electrons. The predicted octanol–water partition coefficient (Wildman–Crippen LogP) is 0.0847. The fraction of sp³-hybridized carbons (Fsp3) is 0.429. The summed E-state index contributed by atoms with van der Waals surface area (Å²) in [6, 6.07) is 2.42. The summed E-state index contributed by atoms with van der Waals surface area (Å²) in [7, 11) is 0. The number of hydrogen-bond acceptors (Lipinski definition) is 5. The van der Waals surface area contributed by atoms with Crippen LogP contribution in [0.2, 0.25) is 0 Å². The van der Waals surface area contributed by atoms with Crippen LogP contribution in [-0.4, -0.2) is 35.5 Å². The number of hydrogen-bond donors (Lipinski definition) is 3. The van der Waals surface area contributed by atoms with Gasteiger partial charge < -0.3 is 15.4 Å². The lowest BCUT2D eigenvalue weighted by molar-refractivity contribution is -0.122. The van der Waals surface area contributed by atoms with Crippen molar-refractivity contribution in [2.24, 2.45) is 0 Å². The molecule has 1 aliphatic heterocycles. The van der Waals surface area contributed by atoms with Gasteiger partial charge in [-0.1, -0.05) is 6.07 Å². The molecule has 0 radical (unpaired) electrons. The molecule has 1 aliphatic rings. The van der Waals surface area contributed by atoms with Crippen LogP contribution in [-0.2, 0) is 16.1 Å². The number of carbonyl (C=O) groups excluding carboxylic acids is 3. The van der Waals surface area contributed by atoms with Crippen molar-refractivity contribution in [2.45, 2.75) is 32.4 Å². The number of pyridine rings is 1. The Morgan fingerprint density at radius 3 is 2.95 bits per heavy atom. The lowest BCUT2D eigenvalue weighted by atomic mass is 10.1. The molecule has 0 aliphatic carbocycles. The second-order valence-electron chi connectivity index (χ2n) is 4.73. The minimum absolute atomic E-state index is 0.141. The number of urea groups is 1. The smallest absolute Gasteiger partial charge is 0.322 e. The topological polar surface area (TPSA) is 109 Å². The zero-order chi connectivity index (χ0) is 15.9. The summed E-state index contributed by atoms with van der Waals surface area (Å²) in [5.74, 6) is -0.114. The minimum Gasteiger partial charge on any atom is -0.478 e. The number of carbonyl (C=O) groups is 3. The highest BCUT2D eigenvalue weighted by Gasteiger charge is 2.29. The maximum atomic E-state index is 11.8. The number of amides is 4. The predicted molar refractivity (Wildman–Crippen MR) is 76.9 cm³/mol. The molecule has 0 saturated carbocycles. The molecule has 1 fully saturated rings. The van der Waals surface area contributed by atoms with Gasteiger partial charge in [0.25, 0.3) is 5.91 Å². The Morgan fingerprint density at radius 2 is 2.27 bits per heavy atom. The van der Waals surface area contributed by atoms with E-state index in [1.54, 1.807) is 12.3 Å².